The Balaban J connectivity index is 2.04. The van der Waals surface area contributed by atoms with Crippen molar-refractivity contribution in [2.75, 3.05) is 5.32 Å². The van der Waals surface area contributed by atoms with E-state index in [0.29, 0.717) is 11.4 Å². The van der Waals surface area contributed by atoms with Gasteiger partial charge >= 0.3 is 5.97 Å². The van der Waals surface area contributed by atoms with Crippen molar-refractivity contribution in [1.82, 2.24) is 9.97 Å². The maximum absolute atomic E-state index is 12.7. The van der Waals surface area contributed by atoms with Gasteiger partial charge in [0.15, 0.2) is 0 Å². The van der Waals surface area contributed by atoms with E-state index in [0.717, 1.165) is 0 Å². The topological polar surface area (TPSA) is 92.2 Å². The first-order valence-corrected chi connectivity index (χ1v) is 6.07. The Labute approximate surface area is 119 Å². The van der Waals surface area contributed by atoms with Crippen LogP contribution >= 0.6 is 0 Å². The highest BCUT2D eigenvalue weighted by Gasteiger charge is 2.12. The monoisotopic (exact) mass is 289 g/mol. The number of carboxylic acids is 1. The van der Waals surface area contributed by atoms with E-state index < -0.39 is 11.8 Å². The average Bonchev–Trinajstić information content (AvgIpc) is 2.41. The van der Waals surface area contributed by atoms with E-state index in [1.165, 1.54) is 37.4 Å². The van der Waals surface area contributed by atoms with Crippen LogP contribution in [0, 0.1) is 12.7 Å². The number of hydrogen-bond donors (Lipinski definition) is 2. The Morgan fingerprint density at radius 3 is 2.52 bits per heavy atom. The van der Waals surface area contributed by atoms with Gasteiger partial charge in [0.2, 0.25) is 5.91 Å². The van der Waals surface area contributed by atoms with Crippen LogP contribution in [0.15, 0.2) is 30.5 Å². The molecule has 0 aliphatic heterocycles. The number of nitrogens with zero attached hydrogens (tertiary/aromatic N) is 2. The number of carbonyl (C=O) groups is 2. The summed E-state index contributed by atoms with van der Waals surface area (Å²) in [6, 6.07) is 5.34. The minimum absolute atomic E-state index is 0.00214. The van der Waals surface area contributed by atoms with Crippen molar-refractivity contribution in [3.05, 3.63) is 53.4 Å². The standard InChI is InChI=1S/C14H12FN3O3/c1-8-11(14(20)21)7-16-12(17-8)6-13(19)18-10-4-2-9(15)3-5-10/h2-5,7H,6H2,1H3,(H,18,19)(H,20,21). The van der Waals surface area contributed by atoms with E-state index in [2.05, 4.69) is 15.3 Å². The molecule has 7 heteroatoms. The number of rotatable bonds is 4. The first-order valence-electron chi connectivity index (χ1n) is 6.07. The third-order valence-electron chi connectivity index (χ3n) is 2.71. The zero-order valence-corrected chi connectivity index (χ0v) is 11.1. The van der Waals surface area contributed by atoms with Gasteiger partial charge in [0.1, 0.15) is 11.6 Å². The van der Waals surface area contributed by atoms with Crippen molar-refractivity contribution in [2.24, 2.45) is 0 Å². The molecule has 0 fully saturated rings. The van der Waals surface area contributed by atoms with E-state index in [-0.39, 0.29) is 23.7 Å². The first kappa shape index (κ1) is 14.6. The predicted molar refractivity (Wildman–Crippen MR) is 72.5 cm³/mol. The van der Waals surface area contributed by atoms with E-state index >= 15 is 0 Å². The van der Waals surface area contributed by atoms with Crippen LogP contribution in [0.2, 0.25) is 0 Å². The molecule has 21 heavy (non-hydrogen) atoms. The van der Waals surface area contributed by atoms with Gasteiger partial charge in [-0.15, -0.1) is 0 Å². The van der Waals surface area contributed by atoms with Gasteiger partial charge in [-0.2, -0.15) is 0 Å². The lowest BCUT2D eigenvalue weighted by Crippen LogP contribution is -2.17. The van der Waals surface area contributed by atoms with E-state index in [4.69, 9.17) is 5.11 Å². The van der Waals surface area contributed by atoms with Crippen molar-refractivity contribution in [2.45, 2.75) is 13.3 Å². The molecule has 1 aromatic heterocycles. The molecule has 0 bridgehead atoms. The highest BCUT2D eigenvalue weighted by atomic mass is 19.1. The number of aromatic carboxylic acids is 1. The molecular weight excluding hydrogens is 277 g/mol. The molecule has 108 valence electrons. The van der Waals surface area contributed by atoms with Gasteiger partial charge < -0.3 is 10.4 Å². The summed E-state index contributed by atoms with van der Waals surface area (Å²) in [5.74, 6) is -1.66. The zero-order chi connectivity index (χ0) is 15.4. The van der Waals surface area contributed by atoms with Crippen molar-refractivity contribution < 1.29 is 19.1 Å². The largest absolute Gasteiger partial charge is 0.478 e. The molecule has 0 aliphatic rings. The molecular formula is C14H12FN3O3. The first-order chi connectivity index (χ1) is 9.95. The molecule has 0 radical (unpaired) electrons. The normalized spacial score (nSPS) is 10.2. The summed E-state index contributed by atoms with van der Waals surface area (Å²) in [5.41, 5.74) is 0.750. The molecule has 0 atom stereocenters. The van der Waals surface area contributed by atoms with Crippen LogP contribution in [0.3, 0.4) is 0 Å². The molecule has 0 aliphatic carbocycles. The van der Waals surface area contributed by atoms with Gasteiger partial charge in [-0.1, -0.05) is 0 Å². The van der Waals surface area contributed by atoms with Crippen molar-refractivity contribution in [3.8, 4) is 0 Å². The summed E-state index contributed by atoms with van der Waals surface area (Å²) < 4.78 is 12.7. The molecule has 0 spiro atoms. The molecule has 2 aromatic rings. The molecule has 2 N–H and O–H groups in total. The number of anilines is 1. The van der Waals surface area contributed by atoms with Crippen LogP contribution in [0.25, 0.3) is 0 Å². The fraction of sp³-hybridized carbons (Fsp3) is 0.143. The Hall–Kier alpha value is -2.83. The van der Waals surface area contributed by atoms with Crippen LogP contribution in [-0.2, 0) is 11.2 Å². The van der Waals surface area contributed by atoms with Crippen LogP contribution in [-0.4, -0.2) is 27.0 Å². The number of nitrogens with one attached hydrogen (secondary N) is 1. The second kappa shape index (κ2) is 6.08. The second-order valence-electron chi connectivity index (χ2n) is 4.32. The quantitative estimate of drug-likeness (QED) is 0.895. The number of carbonyl (C=O) groups excluding carboxylic acids is 1. The lowest BCUT2D eigenvalue weighted by atomic mass is 10.2. The van der Waals surface area contributed by atoms with Gasteiger partial charge in [0, 0.05) is 11.9 Å². The number of carboxylic acid groups (broad SMARTS) is 1. The maximum Gasteiger partial charge on any atom is 0.339 e. The van der Waals surface area contributed by atoms with Gasteiger partial charge in [-0.3, -0.25) is 4.79 Å². The van der Waals surface area contributed by atoms with Gasteiger partial charge in [-0.25, -0.2) is 19.2 Å². The SMILES string of the molecule is Cc1nc(CC(=O)Nc2ccc(F)cc2)ncc1C(=O)O. The van der Waals surface area contributed by atoms with E-state index in [1.54, 1.807) is 0 Å². The fourth-order valence-electron chi connectivity index (χ4n) is 1.69. The van der Waals surface area contributed by atoms with Crippen LogP contribution < -0.4 is 5.32 Å². The number of amides is 1. The second-order valence-corrected chi connectivity index (χ2v) is 4.32. The van der Waals surface area contributed by atoms with E-state index in [9.17, 15) is 14.0 Å². The summed E-state index contributed by atoms with van der Waals surface area (Å²) in [6.07, 6.45) is 1.07. The summed E-state index contributed by atoms with van der Waals surface area (Å²) in [6.45, 7) is 1.53. The number of hydrogen-bond acceptors (Lipinski definition) is 4. The summed E-state index contributed by atoms with van der Waals surface area (Å²) >= 11 is 0. The van der Waals surface area contributed by atoms with E-state index in [1.807, 2.05) is 0 Å². The minimum Gasteiger partial charge on any atom is -0.478 e. The smallest absolute Gasteiger partial charge is 0.339 e. The number of benzene rings is 1. The highest BCUT2D eigenvalue weighted by Crippen LogP contribution is 2.09. The molecule has 1 amide bonds. The maximum atomic E-state index is 12.7. The summed E-state index contributed by atoms with van der Waals surface area (Å²) in [4.78, 5) is 30.5. The minimum atomic E-state index is -1.12. The van der Waals surface area contributed by atoms with Crippen LogP contribution in [0.1, 0.15) is 21.9 Å². The highest BCUT2D eigenvalue weighted by molar-refractivity contribution is 5.92. The number of aromatic nitrogens is 2. The molecule has 1 aromatic carbocycles. The lowest BCUT2D eigenvalue weighted by molar-refractivity contribution is -0.115. The molecule has 0 saturated heterocycles. The number of aryl methyl sites for hydroxylation is 1. The lowest BCUT2D eigenvalue weighted by Gasteiger charge is -2.06. The van der Waals surface area contributed by atoms with Crippen molar-refractivity contribution in [3.63, 3.8) is 0 Å². The third-order valence-corrected chi connectivity index (χ3v) is 2.71. The Bertz CT molecular complexity index is 686. The molecule has 2 rings (SSSR count). The van der Waals surface area contributed by atoms with Gasteiger partial charge in [0.05, 0.1) is 17.7 Å². The van der Waals surface area contributed by atoms with Crippen LogP contribution in [0.5, 0.6) is 0 Å². The van der Waals surface area contributed by atoms with Crippen molar-refractivity contribution in [1.29, 1.82) is 0 Å². The predicted octanol–water partition coefficient (Wildman–Crippen LogP) is 1.80. The number of halogens is 1. The molecule has 0 unspecified atom stereocenters. The molecule has 0 saturated carbocycles. The zero-order valence-electron chi connectivity index (χ0n) is 11.1. The molecule has 6 nitrogen and oxygen atoms in total. The molecule has 1 heterocycles. The Morgan fingerprint density at radius 2 is 1.95 bits per heavy atom. The average molecular weight is 289 g/mol. The fourth-order valence-corrected chi connectivity index (χ4v) is 1.69. The van der Waals surface area contributed by atoms with Crippen LogP contribution in [0.4, 0.5) is 10.1 Å². The van der Waals surface area contributed by atoms with Crippen molar-refractivity contribution >= 4 is 17.6 Å². The Morgan fingerprint density at radius 1 is 1.29 bits per heavy atom. The Kier molecular flexibility index (Phi) is 4.22. The van der Waals surface area contributed by atoms with Gasteiger partial charge in [0.25, 0.3) is 0 Å². The van der Waals surface area contributed by atoms with Gasteiger partial charge in [-0.05, 0) is 31.2 Å². The third kappa shape index (κ3) is 3.82. The summed E-state index contributed by atoms with van der Waals surface area (Å²) in [5, 5.41) is 11.4. The summed E-state index contributed by atoms with van der Waals surface area (Å²) in [7, 11) is 0.